The summed E-state index contributed by atoms with van der Waals surface area (Å²) in [4.78, 5) is 26.3. The van der Waals surface area contributed by atoms with Gasteiger partial charge in [-0.05, 0) is 49.5 Å². The molecule has 0 spiro atoms. The van der Waals surface area contributed by atoms with Crippen LogP contribution >= 0.6 is 11.6 Å². The van der Waals surface area contributed by atoms with Gasteiger partial charge in [0.25, 0.3) is 0 Å². The van der Waals surface area contributed by atoms with Gasteiger partial charge >= 0.3 is 0 Å². The minimum absolute atomic E-state index is 0.00530. The number of alkyl halides is 1. The van der Waals surface area contributed by atoms with Crippen molar-refractivity contribution in [1.29, 1.82) is 0 Å². The predicted molar refractivity (Wildman–Crippen MR) is 104 cm³/mol. The van der Waals surface area contributed by atoms with Crippen molar-refractivity contribution in [3.8, 4) is 0 Å². The van der Waals surface area contributed by atoms with Crippen LogP contribution in [0.1, 0.15) is 56.9 Å². The first-order valence-electron chi connectivity index (χ1n) is 9.75. The third kappa shape index (κ3) is 4.40. The van der Waals surface area contributed by atoms with Crippen LogP contribution in [0.25, 0.3) is 0 Å². The predicted octanol–water partition coefficient (Wildman–Crippen LogP) is 3.70. The van der Waals surface area contributed by atoms with E-state index < -0.39 is 0 Å². The van der Waals surface area contributed by atoms with Crippen molar-refractivity contribution in [1.82, 2.24) is 10.2 Å². The fraction of sp³-hybridized carbons (Fsp3) is 0.619. The Morgan fingerprint density at radius 2 is 1.85 bits per heavy atom. The molecule has 1 saturated carbocycles. The van der Waals surface area contributed by atoms with E-state index in [9.17, 15) is 9.59 Å². The van der Waals surface area contributed by atoms with E-state index in [-0.39, 0.29) is 23.2 Å². The molecule has 0 aromatic heterocycles. The van der Waals surface area contributed by atoms with Gasteiger partial charge in [-0.1, -0.05) is 37.3 Å². The van der Waals surface area contributed by atoms with Gasteiger partial charge in [-0.15, -0.1) is 11.6 Å². The molecule has 1 aromatic carbocycles. The molecule has 26 heavy (non-hydrogen) atoms. The third-order valence-corrected chi connectivity index (χ3v) is 6.49. The minimum atomic E-state index is -0.197. The number of halogens is 1. The Bertz CT molecular complexity index is 620. The number of carbonyl (C=O) groups is 2. The maximum Gasteiger partial charge on any atom is 0.235 e. The van der Waals surface area contributed by atoms with Crippen molar-refractivity contribution in [3.05, 3.63) is 35.9 Å². The van der Waals surface area contributed by atoms with Crippen LogP contribution in [-0.2, 0) is 9.59 Å². The van der Waals surface area contributed by atoms with Gasteiger partial charge in [0.1, 0.15) is 5.88 Å². The summed E-state index contributed by atoms with van der Waals surface area (Å²) >= 11 is 5.63. The number of amides is 2. The summed E-state index contributed by atoms with van der Waals surface area (Å²) in [6.07, 6.45) is 5.41. The molecule has 1 heterocycles. The van der Waals surface area contributed by atoms with Crippen LogP contribution in [-0.4, -0.2) is 41.2 Å². The Hall–Kier alpha value is -1.55. The zero-order chi connectivity index (χ0) is 18.6. The van der Waals surface area contributed by atoms with Crippen LogP contribution in [0.15, 0.2) is 30.3 Å². The number of likely N-dealkylation sites (tertiary alicyclic amines) is 1. The van der Waals surface area contributed by atoms with Gasteiger partial charge < -0.3 is 10.2 Å². The molecule has 0 atom stereocenters. The van der Waals surface area contributed by atoms with Crippen molar-refractivity contribution in [2.45, 2.75) is 56.9 Å². The van der Waals surface area contributed by atoms with Crippen molar-refractivity contribution in [2.75, 3.05) is 19.0 Å². The number of piperidine rings is 1. The second kappa shape index (κ2) is 8.43. The largest absolute Gasteiger partial charge is 0.350 e. The monoisotopic (exact) mass is 376 g/mol. The highest BCUT2D eigenvalue weighted by Crippen LogP contribution is 2.43. The second-order valence-corrected chi connectivity index (χ2v) is 8.11. The average Bonchev–Trinajstić information content (AvgIpc) is 2.65. The van der Waals surface area contributed by atoms with Crippen LogP contribution in [0.4, 0.5) is 0 Å². The van der Waals surface area contributed by atoms with Gasteiger partial charge in [0, 0.05) is 25.0 Å². The maximum atomic E-state index is 12.6. The van der Waals surface area contributed by atoms with E-state index in [0.717, 1.165) is 45.2 Å². The lowest BCUT2D eigenvalue weighted by atomic mass is 9.70. The first kappa shape index (κ1) is 19.2. The Morgan fingerprint density at radius 1 is 1.19 bits per heavy atom. The number of hydrogen-bond donors (Lipinski definition) is 1. The second-order valence-electron chi connectivity index (χ2n) is 7.85. The van der Waals surface area contributed by atoms with Gasteiger partial charge in [0.05, 0.1) is 0 Å². The normalized spacial score (nSPS) is 24.6. The van der Waals surface area contributed by atoms with Gasteiger partial charge in [0.2, 0.25) is 11.8 Å². The first-order chi connectivity index (χ1) is 12.5. The summed E-state index contributed by atoms with van der Waals surface area (Å²) in [5.41, 5.74) is 1.20. The third-order valence-electron chi connectivity index (χ3n) is 6.25. The molecule has 142 valence electrons. The lowest BCUT2D eigenvalue weighted by Gasteiger charge is -2.43. The Morgan fingerprint density at radius 3 is 2.42 bits per heavy atom. The minimum Gasteiger partial charge on any atom is -0.350 e. The molecule has 4 nitrogen and oxygen atoms in total. The van der Waals surface area contributed by atoms with Gasteiger partial charge in [-0.2, -0.15) is 0 Å². The lowest BCUT2D eigenvalue weighted by Crippen LogP contribution is -2.56. The summed E-state index contributed by atoms with van der Waals surface area (Å²) in [7, 11) is 0. The van der Waals surface area contributed by atoms with Gasteiger partial charge in [-0.3, -0.25) is 9.59 Å². The van der Waals surface area contributed by atoms with E-state index in [4.69, 9.17) is 11.6 Å². The van der Waals surface area contributed by atoms with E-state index in [1.807, 2.05) is 11.0 Å². The number of benzene rings is 1. The van der Waals surface area contributed by atoms with E-state index in [0.29, 0.717) is 18.3 Å². The summed E-state index contributed by atoms with van der Waals surface area (Å²) in [5.74, 6) is 1.29. The van der Waals surface area contributed by atoms with Crippen LogP contribution in [0.2, 0.25) is 0 Å². The topological polar surface area (TPSA) is 49.4 Å². The van der Waals surface area contributed by atoms with E-state index in [1.54, 1.807) is 0 Å². The molecule has 3 rings (SSSR count). The Balaban J connectivity index is 1.44. The first-order valence-corrected chi connectivity index (χ1v) is 10.3. The summed E-state index contributed by atoms with van der Waals surface area (Å²) in [6.45, 7) is 3.54. The molecule has 5 heteroatoms. The summed E-state index contributed by atoms with van der Waals surface area (Å²) in [6, 6.07) is 10.6. The van der Waals surface area contributed by atoms with Gasteiger partial charge in [-0.25, -0.2) is 0 Å². The smallest absolute Gasteiger partial charge is 0.235 e. The highest BCUT2D eigenvalue weighted by atomic mass is 35.5. The quantitative estimate of drug-likeness (QED) is 0.769. The summed E-state index contributed by atoms with van der Waals surface area (Å²) < 4.78 is 0. The van der Waals surface area contributed by atoms with E-state index in [2.05, 4.69) is 36.5 Å². The molecule has 1 aliphatic heterocycles. The molecular formula is C21H29ClN2O2. The molecule has 0 radical (unpaired) electrons. The van der Waals surface area contributed by atoms with Crippen molar-refractivity contribution < 1.29 is 9.59 Å². The zero-order valence-corrected chi connectivity index (χ0v) is 16.3. The Labute approximate surface area is 161 Å². The zero-order valence-electron chi connectivity index (χ0n) is 15.5. The van der Waals surface area contributed by atoms with Crippen molar-refractivity contribution in [3.63, 3.8) is 0 Å². The van der Waals surface area contributed by atoms with Gasteiger partial charge in [0.15, 0.2) is 0 Å². The highest BCUT2D eigenvalue weighted by Gasteiger charge is 2.37. The Kier molecular flexibility index (Phi) is 6.23. The number of carbonyl (C=O) groups excluding carboxylic acids is 2. The molecular weight excluding hydrogens is 348 g/mol. The maximum absolute atomic E-state index is 12.6. The number of nitrogens with one attached hydrogen (secondary N) is 1. The standard InChI is InChI=1S/C21H29ClN2O2/c1-2-21(23-19(25)15-22)8-10-24(11-9-21)20(26)14-16-12-18(13-16)17-6-4-3-5-7-17/h3-7,16,18H,2,8-15H2,1H3,(H,23,25). The highest BCUT2D eigenvalue weighted by molar-refractivity contribution is 6.27. The number of hydrogen-bond acceptors (Lipinski definition) is 2. The fourth-order valence-corrected chi connectivity index (χ4v) is 4.42. The SMILES string of the molecule is CCC1(NC(=O)CCl)CCN(C(=O)CC2CC(c3ccccc3)C2)CC1. The van der Waals surface area contributed by atoms with Crippen LogP contribution < -0.4 is 5.32 Å². The molecule has 1 N–H and O–H groups in total. The summed E-state index contributed by atoms with van der Waals surface area (Å²) in [5, 5.41) is 3.07. The molecule has 0 bridgehead atoms. The number of rotatable bonds is 6. The number of nitrogens with zero attached hydrogens (tertiary/aromatic N) is 1. The van der Waals surface area contributed by atoms with Crippen molar-refractivity contribution >= 4 is 23.4 Å². The van der Waals surface area contributed by atoms with Crippen LogP contribution in [0.5, 0.6) is 0 Å². The molecule has 1 saturated heterocycles. The fourth-order valence-electron chi connectivity index (χ4n) is 4.36. The molecule has 1 aromatic rings. The van der Waals surface area contributed by atoms with E-state index in [1.165, 1.54) is 5.56 Å². The van der Waals surface area contributed by atoms with E-state index >= 15 is 0 Å². The van der Waals surface area contributed by atoms with Crippen LogP contribution in [0, 0.1) is 5.92 Å². The van der Waals surface area contributed by atoms with Crippen LogP contribution in [0.3, 0.4) is 0 Å². The average molecular weight is 377 g/mol. The lowest BCUT2D eigenvalue weighted by molar-refractivity contribution is -0.135. The molecule has 1 aliphatic carbocycles. The van der Waals surface area contributed by atoms with Crippen molar-refractivity contribution in [2.24, 2.45) is 5.92 Å². The molecule has 2 amide bonds. The molecule has 2 aliphatic rings. The molecule has 0 unspecified atom stereocenters. The molecule has 2 fully saturated rings.